The lowest BCUT2D eigenvalue weighted by Crippen LogP contribution is -2.16. The van der Waals surface area contributed by atoms with Crippen LogP contribution < -0.4 is 15.2 Å². The summed E-state index contributed by atoms with van der Waals surface area (Å²) in [7, 11) is 3.15. The molecule has 0 aromatic heterocycles. The first-order valence-corrected chi connectivity index (χ1v) is 7.48. The van der Waals surface area contributed by atoms with Gasteiger partial charge in [-0.1, -0.05) is 13.8 Å². The number of carbonyl (C=O) groups is 1. The molecule has 1 unspecified atom stereocenters. The lowest BCUT2D eigenvalue weighted by atomic mass is 9.87. The molecule has 1 atom stereocenters. The SMILES string of the molecule is COc1ccc(C(=O)CCC(CCN)C(C)C)cc1OC. The van der Waals surface area contributed by atoms with Gasteiger partial charge in [-0.15, -0.1) is 0 Å². The molecule has 0 aliphatic rings. The van der Waals surface area contributed by atoms with Crippen molar-refractivity contribution in [1.29, 1.82) is 0 Å². The van der Waals surface area contributed by atoms with E-state index >= 15 is 0 Å². The number of hydrogen-bond acceptors (Lipinski definition) is 4. The number of methoxy groups -OCH3 is 2. The largest absolute Gasteiger partial charge is 0.493 e. The van der Waals surface area contributed by atoms with Gasteiger partial charge in [0.15, 0.2) is 17.3 Å². The average molecular weight is 293 g/mol. The monoisotopic (exact) mass is 293 g/mol. The number of hydrogen-bond donors (Lipinski definition) is 1. The number of ether oxygens (including phenoxy) is 2. The molecule has 0 amide bonds. The van der Waals surface area contributed by atoms with Crippen molar-refractivity contribution in [2.45, 2.75) is 33.1 Å². The summed E-state index contributed by atoms with van der Waals surface area (Å²) >= 11 is 0. The standard InChI is InChI=1S/C17H27NO3/c1-12(2)13(9-10-18)5-7-15(19)14-6-8-16(20-3)17(11-14)21-4/h6,8,11-13H,5,7,9-10,18H2,1-4H3. The van der Waals surface area contributed by atoms with E-state index in [4.69, 9.17) is 15.2 Å². The first-order chi connectivity index (χ1) is 10.0. The van der Waals surface area contributed by atoms with E-state index in [2.05, 4.69) is 13.8 Å². The Balaban J connectivity index is 2.71. The predicted octanol–water partition coefficient (Wildman–Crippen LogP) is 3.29. The summed E-state index contributed by atoms with van der Waals surface area (Å²) in [5, 5.41) is 0. The van der Waals surface area contributed by atoms with Crippen LogP contribution in [-0.4, -0.2) is 26.5 Å². The highest BCUT2D eigenvalue weighted by Crippen LogP contribution is 2.29. The third-order valence-corrected chi connectivity index (χ3v) is 3.93. The van der Waals surface area contributed by atoms with Gasteiger partial charge < -0.3 is 15.2 Å². The van der Waals surface area contributed by atoms with Gasteiger partial charge in [0.2, 0.25) is 0 Å². The molecule has 0 saturated carbocycles. The summed E-state index contributed by atoms with van der Waals surface area (Å²) in [6, 6.07) is 5.30. The molecule has 0 saturated heterocycles. The Labute approximate surface area is 127 Å². The fraction of sp³-hybridized carbons (Fsp3) is 0.588. The molecule has 0 radical (unpaired) electrons. The number of rotatable bonds is 9. The maximum Gasteiger partial charge on any atom is 0.163 e. The van der Waals surface area contributed by atoms with Crippen LogP contribution in [0.25, 0.3) is 0 Å². The van der Waals surface area contributed by atoms with Crippen LogP contribution in [0.3, 0.4) is 0 Å². The number of Topliss-reactive ketones (excluding diaryl/α,β-unsaturated/α-hetero) is 1. The molecule has 2 N–H and O–H groups in total. The number of nitrogens with two attached hydrogens (primary N) is 1. The molecule has 118 valence electrons. The van der Waals surface area contributed by atoms with Crippen LogP contribution in [0.1, 0.15) is 43.5 Å². The molecule has 4 nitrogen and oxygen atoms in total. The maximum atomic E-state index is 12.3. The van der Waals surface area contributed by atoms with Gasteiger partial charge in [-0.3, -0.25) is 4.79 Å². The summed E-state index contributed by atoms with van der Waals surface area (Å²) < 4.78 is 10.4. The third-order valence-electron chi connectivity index (χ3n) is 3.93. The van der Waals surface area contributed by atoms with E-state index in [1.165, 1.54) is 0 Å². The topological polar surface area (TPSA) is 61.5 Å². The van der Waals surface area contributed by atoms with E-state index in [-0.39, 0.29) is 5.78 Å². The second-order valence-electron chi connectivity index (χ2n) is 5.61. The highest BCUT2D eigenvalue weighted by atomic mass is 16.5. The van der Waals surface area contributed by atoms with E-state index in [1.807, 2.05) is 0 Å². The Morgan fingerprint density at radius 1 is 1.14 bits per heavy atom. The Morgan fingerprint density at radius 2 is 1.81 bits per heavy atom. The van der Waals surface area contributed by atoms with E-state index in [9.17, 15) is 4.79 Å². The number of carbonyl (C=O) groups excluding carboxylic acids is 1. The molecule has 1 aromatic carbocycles. The molecule has 0 bridgehead atoms. The molecule has 0 aliphatic carbocycles. The summed E-state index contributed by atoms with van der Waals surface area (Å²) in [6.07, 6.45) is 2.39. The third kappa shape index (κ3) is 5.05. The zero-order chi connectivity index (χ0) is 15.8. The molecule has 1 aromatic rings. The quantitative estimate of drug-likeness (QED) is 0.710. The lowest BCUT2D eigenvalue weighted by molar-refractivity contribution is 0.0968. The molecule has 21 heavy (non-hydrogen) atoms. The lowest BCUT2D eigenvalue weighted by Gasteiger charge is -2.19. The predicted molar refractivity (Wildman–Crippen MR) is 85.1 cm³/mol. The molecule has 1 rings (SSSR count). The van der Waals surface area contributed by atoms with E-state index in [0.29, 0.717) is 41.9 Å². The van der Waals surface area contributed by atoms with Crippen LogP contribution in [0.2, 0.25) is 0 Å². The van der Waals surface area contributed by atoms with Crippen LogP contribution in [0.5, 0.6) is 11.5 Å². The highest BCUT2D eigenvalue weighted by Gasteiger charge is 2.16. The fourth-order valence-corrected chi connectivity index (χ4v) is 2.50. The van der Waals surface area contributed by atoms with Crippen molar-refractivity contribution >= 4 is 5.78 Å². The van der Waals surface area contributed by atoms with Gasteiger partial charge in [0, 0.05) is 12.0 Å². The van der Waals surface area contributed by atoms with Crippen LogP contribution in [0.15, 0.2) is 18.2 Å². The van der Waals surface area contributed by atoms with Gasteiger partial charge in [0.1, 0.15) is 0 Å². The molecule has 0 heterocycles. The van der Waals surface area contributed by atoms with Crippen LogP contribution in [0, 0.1) is 11.8 Å². The van der Waals surface area contributed by atoms with Crippen molar-refractivity contribution in [3.05, 3.63) is 23.8 Å². The Bertz CT molecular complexity index is 457. The van der Waals surface area contributed by atoms with Crippen molar-refractivity contribution in [2.75, 3.05) is 20.8 Å². The van der Waals surface area contributed by atoms with Crippen LogP contribution >= 0.6 is 0 Å². The molecule has 4 heteroatoms. The van der Waals surface area contributed by atoms with Gasteiger partial charge in [0.05, 0.1) is 14.2 Å². The second-order valence-corrected chi connectivity index (χ2v) is 5.61. The van der Waals surface area contributed by atoms with Crippen molar-refractivity contribution in [2.24, 2.45) is 17.6 Å². The number of benzene rings is 1. The average Bonchev–Trinajstić information content (AvgIpc) is 2.49. The summed E-state index contributed by atoms with van der Waals surface area (Å²) in [6.45, 7) is 5.04. The van der Waals surface area contributed by atoms with Gasteiger partial charge in [-0.05, 0) is 49.4 Å². The first-order valence-electron chi connectivity index (χ1n) is 7.48. The minimum atomic E-state index is 0.138. The minimum absolute atomic E-state index is 0.138. The summed E-state index contributed by atoms with van der Waals surface area (Å²) in [4.78, 5) is 12.3. The molecule has 0 spiro atoms. The van der Waals surface area contributed by atoms with Crippen molar-refractivity contribution in [3.8, 4) is 11.5 Å². The fourth-order valence-electron chi connectivity index (χ4n) is 2.50. The first kappa shape index (κ1) is 17.5. The van der Waals surface area contributed by atoms with Gasteiger partial charge in [-0.2, -0.15) is 0 Å². The molecule has 0 fully saturated rings. The number of ketones is 1. The van der Waals surface area contributed by atoms with Gasteiger partial charge in [0.25, 0.3) is 0 Å². The van der Waals surface area contributed by atoms with E-state index in [1.54, 1.807) is 32.4 Å². The van der Waals surface area contributed by atoms with Gasteiger partial charge >= 0.3 is 0 Å². The maximum absolute atomic E-state index is 12.3. The van der Waals surface area contributed by atoms with Crippen molar-refractivity contribution in [3.63, 3.8) is 0 Å². The Kier molecular flexibility index (Phi) is 7.23. The Morgan fingerprint density at radius 3 is 2.33 bits per heavy atom. The smallest absolute Gasteiger partial charge is 0.163 e. The van der Waals surface area contributed by atoms with E-state index < -0.39 is 0 Å². The molecule has 0 aliphatic heterocycles. The summed E-state index contributed by atoms with van der Waals surface area (Å²) in [5.41, 5.74) is 6.31. The summed E-state index contributed by atoms with van der Waals surface area (Å²) in [5.74, 6) is 2.41. The second kappa shape index (κ2) is 8.67. The Hall–Kier alpha value is -1.55. The van der Waals surface area contributed by atoms with Crippen molar-refractivity contribution in [1.82, 2.24) is 0 Å². The van der Waals surface area contributed by atoms with Crippen LogP contribution in [0.4, 0.5) is 0 Å². The van der Waals surface area contributed by atoms with Crippen molar-refractivity contribution < 1.29 is 14.3 Å². The molecular weight excluding hydrogens is 266 g/mol. The van der Waals surface area contributed by atoms with Gasteiger partial charge in [-0.25, -0.2) is 0 Å². The zero-order valence-electron chi connectivity index (χ0n) is 13.5. The van der Waals surface area contributed by atoms with E-state index in [0.717, 1.165) is 12.8 Å². The highest BCUT2D eigenvalue weighted by molar-refractivity contribution is 5.96. The zero-order valence-corrected chi connectivity index (χ0v) is 13.5. The molecular formula is C17H27NO3. The minimum Gasteiger partial charge on any atom is -0.493 e. The normalized spacial score (nSPS) is 12.3. The van der Waals surface area contributed by atoms with Crippen LogP contribution in [-0.2, 0) is 0 Å².